The summed E-state index contributed by atoms with van der Waals surface area (Å²) in [5.74, 6) is -6.07. The van der Waals surface area contributed by atoms with E-state index < -0.39 is 273 Å². The zero-order valence-electron chi connectivity index (χ0n) is 92.0. The van der Waals surface area contributed by atoms with Crippen molar-refractivity contribution < 1.29 is 144 Å². The molecular weight excluding hydrogens is 1960 g/mol. The van der Waals surface area contributed by atoms with Crippen molar-refractivity contribution in [3.05, 3.63) is 179 Å². The first-order valence-corrected chi connectivity index (χ1v) is 62.4. The first-order chi connectivity index (χ1) is 70.3. The predicted molar refractivity (Wildman–Crippen MR) is 561 cm³/mol. The monoisotopic (exact) mass is 2120 g/mol. The zero-order chi connectivity index (χ0) is 109. The SMILES string of the molecule is C=CC1O[C@@H]2C3=C(C)[C@@H](O)C[C@@](O)([C@@H](OC(=O)c4ccccc4)[C@@H]4[C@]5(OC(=O)CC)CO[C@@H]5C[C@H](O)[C@@]4(C)[C@@H]2O1)C3(C)C.C=CC1O[C@@H]2C3=C(C)[C@@H](O)C[C@@](O)([C@@H](OC(=O)c4ccccc4)[C@@H]4[C@]5(OC(=O)CC)CO[C@@H]5C[C@H](O[Si](CC)(CC)CC)[C@@]4(C)[C@@H]2O1)C3(C)C.C=CC1O[C@@H]2C3=C(C)[C@@H](O[Si](CC)(CC)CC)C[C@@](O)([C@@H](OC(=O)c4ccccc4)[C@@H]4[C@]5(OC(C)=O)CO[C@@H]5C[C@H](O[Si](CC)(CC)CC)[C@@]4(C)[C@@H]2O1)C3(C)C. The predicted octanol–water partition coefficient (Wildman–Crippen LogP) is 17.2. The van der Waals surface area contributed by atoms with Crippen LogP contribution in [0.1, 0.15) is 249 Å². The average Bonchev–Trinajstić information content (AvgIpc) is 1.63. The van der Waals surface area contributed by atoms with Crippen LogP contribution >= 0.6 is 0 Å². The van der Waals surface area contributed by atoms with Crippen molar-refractivity contribution in [1.29, 1.82) is 0 Å². The first kappa shape index (κ1) is 114. The van der Waals surface area contributed by atoms with Crippen LogP contribution in [0.15, 0.2) is 162 Å². The van der Waals surface area contributed by atoms with Crippen LogP contribution in [0.5, 0.6) is 0 Å². The molecule has 33 heteroatoms. The summed E-state index contributed by atoms with van der Waals surface area (Å²) in [7, 11) is -6.92. The molecule has 6 saturated heterocycles. The lowest BCUT2D eigenvalue weighted by Crippen LogP contribution is -2.82. The fraction of sp³-hybridized carbons (Fsp3) is 0.690. The first-order valence-electron chi connectivity index (χ1n) is 54.8. The fourth-order valence-corrected chi connectivity index (χ4v) is 39.0. The van der Waals surface area contributed by atoms with E-state index in [1.54, 1.807) is 112 Å². The van der Waals surface area contributed by atoms with Gasteiger partial charge in [0.25, 0.3) is 0 Å². The minimum atomic E-state index is -2.33. The molecule has 3 aromatic rings. The Morgan fingerprint density at radius 2 is 0.664 bits per heavy atom. The van der Waals surface area contributed by atoms with Gasteiger partial charge in [-0.05, 0) is 163 Å². The van der Waals surface area contributed by atoms with Crippen molar-refractivity contribution in [2.45, 2.75) is 434 Å². The van der Waals surface area contributed by atoms with Gasteiger partial charge in [-0.2, -0.15) is 0 Å². The number of aliphatic hydroxyl groups excluding tert-OH is 3. The summed E-state index contributed by atoms with van der Waals surface area (Å²) in [4.78, 5) is 82.6. The third kappa shape index (κ3) is 17.9. The van der Waals surface area contributed by atoms with Crippen molar-refractivity contribution in [1.82, 2.24) is 0 Å². The van der Waals surface area contributed by atoms with E-state index in [1.807, 2.05) is 67.5 Å². The van der Waals surface area contributed by atoms with E-state index in [9.17, 15) is 59.4 Å². The smallest absolute Gasteiger partial charge is 0.338 e. The lowest BCUT2D eigenvalue weighted by molar-refractivity contribution is -0.362. The highest BCUT2D eigenvalue weighted by Crippen LogP contribution is 2.73. The summed E-state index contributed by atoms with van der Waals surface area (Å²) in [5.41, 5.74) is -10.7. The van der Waals surface area contributed by atoms with E-state index in [0.29, 0.717) is 46.3 Å². The Morgan fingerprint density at radius 3 is 0.953 bits per heavy atom. The summed E-state index contributed by atoms with van der Waals surface area (Å²) in [6.07, 6.45) is -11.6. The van der Waals surface area contributed by atoms with E-state index in [2.05, 4.69) is 103 Å². The molecule has 149 heavy (non-hydrogen) atoms. The van der Waals surface area contributed by atoms with Crippen LogP contribution in [0, 0.1) is 50.2 Å². The second-order valence-corrected chi connectivity index (χ2v) is 61.3. The maximum atomic E-state index is 14.6. The van der Waals surface area contributed by atoms with Crippen molar-refractivity contribution in [2.24, 2.45) is 50.2 Å². The Kier molecular flexibility index (Phi) is 32.3. The minimum absolute atomic E-state index is 0.0281. The highest BCUT2D eigenvalue weighted by molar-refractivity contribution is 6.74. The van der Waals surface area contributed by atoms with Crippen LogP contribution < -0.4 is 0 Å². The van der Waals surface area contributed by atoms with Crippen LogP contribution in [0.4, 0.5) is 0 Å². The van der Waals surface area contributed by atoms with Gasteiger partial charge in [-0.3, -0.25) is 14.4 Å². The topological polar surface area (TPSA) is 390 Å². The van der Waals surface area contributed by atoms with Crippen LogP contribution in [-0.2, 0) is 98.7 Å². The van der Waals surface area contributed by atoms with Crippen LogP contribution in [0.3, 0.4) is 0 Å². The zero-order valence-corrected chi connectivity index (χ0v) is 95.0. The molecule has 3 aromatic carbocycles. The fourth-order valence-electron chi connectivity index (χ4n) is 30.2. The highest BCUT2D eigenvalue weighted by Gasteiger charge is 2.84. The number of benzene rings is 3. The van der Waals surface area contributed by atoms with Crippen LogP contribution in [0.25, 0.3) is 0 Å². The molecule has 6 N–H and O–H groups in total. The van der Waals surface area contributed by atoms with Gasteiger partial charge in [-0.1, -0.05) is 213 Å². The molecule has 822 valence electrons. The van der Waals surface area contributed by atoms with E-state index >= 15 is 0 Å². The third-order valence-electron chi connectivity index (χ3n) is 40.0. The van der Waals surface area contributed by atoms with E-state index in [1.165, 1.54) is 13.0 Å². The summed E-state index contributed by atoms with van der Waals surface area (Å²) >= 11 is 0. The van der Waals surface area contributed by atoms with Crippen molar-refractivity contribution in [3.8, 4) is 0 Å². The molecule has 18 rings (SSSR count). The lowest BCUT2D eigenvalue weighted by atomic mass is 9.44. The quantitative estimate of drug-likeness (QED) is 0.0163. The number of ether oxygens (including phenoxy) is 15. The molecular formula is C116H166O30Si3. The van der Waals surface area contributed by atoms with Crippen molar-refractivity contribution >= 4 is 60.8 Å². The summed E-state index contributed by atoms with van der Waals surface area (Å²) in [5, 5.41) is 75.8. The van der Waals surface area contributed by atoms with Gasteiger partial charge in [-0.15, -0.1) is 0 Å². The van der Waals surface area contributed by atoms with Gasteiger partial charge in [0.1, 0.15) is 71.7 Å². The number of hydrogen-bond acceptors (Lipinski definition) is 30. The number of esters is 6. The normalized spacial score (nSPS) is 40.5. The van der Waals surface area contributed by atoms with Crippen molar-refractivity contribution in [3.63, 3.8) is 0 Å². The molecule has 6 heterocycles. The molecule has 3 unspecified atom stereocenters. The number of carbonyl (C=O) groups is 6. The highest BCUT2D eigenvalue weighted by atomic mass is 28.4. The summed E-state index contributed by atoms with van der Waals surface area (Å²) in [6, 6.07) is 34.1. The number of hydrogen-bond donors (Lipinski definition) is 6. The second kappa shape index (κ2) is 42.1. The summed E-state index contributed by atoms with van der Waals surface area (Å²) < 4.78 is 121. The van der Waals surface area contributed by atoms with Gasteiger partial charge in [0.15, 0.2) is 60.6 Å². The molecule has 0 radical (unpaired) electrons. The number of rotatable bonds is 29. The van der Waals surface area contributed by atoms with E-state index in [0.717, 1.165) is 65.5 Å². The van der Waals surface area contributed by atoms with Crippen LogP contribution in [-0.4, -0.2) is 274 Å². The van der Waals surface area contributed by atoms with E-state index in [-0.39, 0.29) is 63.9 Å². The Balaban J connectivity index is 0.000000161. The van der Waals surface area contributed by atoms with Gasteiger partial charge in [0, 0.05) is 90.8 Å². The molecule has 0 amide bonds. The standard InChI is InChI=1S/C44H68O10Si2.C39H56O10Si.C33H42O10/c1-13-34-49-36-35-28(8)31(53-55(14-2,15-3)16-4)26-44(47,41(35,10)11)39(51-40(46)30-23-21-20-22-24-30)37-42(12,38(36)50-34)32(54-56(17-5,18-6)19-7)25-33-43(37,27-48-33)52-29(9)45;1-10-28(41)48-38-22-44-27(38)20-26(49-50(12-3,13-4)14-5)37(9)32(38)34(47-35(42)24-18-16-15-17-19-24)39(43)21-25(40)23(6)30(36(39,7)8)31-33(37)46-29(11-2)45-31;1-7-22(36)43-32-16-39-21(32)14-20(35)31(6)26(32)28(42-29(37)18-12-10-9-11-13-18)33(38)15-19(34)17(3)24(30(33,4)5)25-27(31)41-23(8-2)40-25/h13,20-24,31-34,36-39,47H,1,14-19,25-27H2,2-12H3;11,15-19,25-27,29,31-34,40,43H,2,10,12-14,20-22H2,1,3-9H3;8-13,19-21,23,25-28,34-35,38H,2,7,14-16H2,1,3-6H3/t31-,32-,33+,34?,36+,37-,38+,39-,42+,43-,44+;25-,26-,27+,29?,31+,32-,33+,34-,37+,38-,39+;19-,20-,21+,23?,25+,26-,27+,28-,31+,32-,33+/m000/s1. The Hall–Kier alpha value is -7.15. The van der Waals surface area contributed by atoms with Gasteiger partial charge in [0.05, 0.1) is 109 Å². The minimum Gasteiger partial charge on any atom is -0.455 e. The Bertz CT molecular complexity index is 5540. The molecule has 0 aromatic heterocycles. The maximum absolute atomic E-state index is 14.6. The molecule has 6 saturated carbocycles. The van der Waals surface area contributed by atoms with E-state index in [4.69, 9.17) is 84.3 Å². The van der Waals surface area contributed by atoms with Gasteiger partial charge >= 0.3 is 35.8 Å². The van der Waals surface area contributed by atoms with Gasteiger partial charge in [-0.25, -0.2) is 14.4 Å². The molecule has 12 fully saturated rings. The molecule has 30 nitrogen and oxygen atoms in total. The molecule has 6 aliphatic heterocycles. The third-order valence-corrected chi connectivity index (χ3v) is 54.0. The molecule has 15 aliphatic rings. The average molecular weight is 2120 g/mol. The van der Waals surface area contributed by atoms with Gasteiger partial charge < -0.3 is 115 Å². The van der Waals surface area contributed by atoms with Gasteiger partial charge in [0.2, 0.25) is 0 Å². The number of fused-ring (bicyclic) bond motifs is 24. The molecule has 33 atom stereocenters. The van der Waals surface area contributed by atoms with Crippen LogP contribution in [0.2, 0.25) is 54.4 Å². The molecule has 9 aliphatic carbocycles. The van der Waals surface area contributed by atoms with Crippen molar-refractivity contribution in [2.75, 3.05) is 19.8 Å². The number of carbonyl (C=O) groups excluding carboxylic acids is 6. The second-order valence-electron chi connectivity index (χ2n) is 47.1. The molecule has 6 bridgehead atoms. The Morgan fingerprint density at radius 1 is 0.383 bits per heavy atom. The molecule has 0 spiro atoms. The summed E-state index contributed by atoms with van der Waals surface area (Å²) in [6.45, 7) is 59.9. The maximum Gasteiger partial charge on any atom is 0.338 e. The lowest BCUT2D eigenvalue weighted by Gasteiger charge is -2.70. The Labute approximate surface area is 882 Å². The number of aliphatic hydroxyl groups is 6. The largest absolute Gasteiger partial charge is 0.455 e.